The van der Waals surface area contributed by atoms with E-state index in [1.165, 1.54) is 24.3 Å². The van der Waals surface area contributed by atoms with Gasteiger partial charge in [0.25, 0.3) is 0 Å². The summed E-state index contributed by atoms with van der Waals surface area (Å²) < 4.78 is 9.99. The third-order valence-corrected chi connectivity index (χ3v) is 4.14. The lowest BCUT2D eigenvalue weighted by Crippen LogP contribution is -2.20. The van der Waals surface area contributed by atoms with Crippen LogP contribution in [0.1, 0.15) is 20.3 Å². The van der Waals surface area contributed by atoms with Crippen LogP contribution < -0.4 is 0 Å². The molecule has 0 aromatic heterocycles. The van der Waals surface area contributed by atoms with Gasteiger partial charge in [-0.1, -0.05) is 0 Å². The van der Waals surface area contributed by atoms with E-state index in [0.717, 1.165) is 0 Å². The second-order valence-electron chi connectivity index (χ2n) is 6.40. The Hall–Kier alpha value is -3.60. The zero-order valence-corrected chi connectivity index (χ0v) is 19.1. The van der Waals surface area contributed by atoms with E-state index in [-0.39, 0.29) is 44.0 Å². The predicted octanol–water partition coefficient (Wildman–Crippen LogP) is 1.02. The summed E-state index contributed by atoms with van der Waals surface area (Å²) >= 11 is 0. The number of aliphatic hydroxyl groups excluding tert-OH is 2. The van der Waals surface area contributed by atoms with Crippen LogP contribution in [0.4, 0.5) is 0 Å². The summed E-state index contributed by atoms with van der Waals surface area (Å²) in [6.45, 7) is 5.84. The highest BCUT2D eigenvalue weighted by Crippen LogP contribution is 2.02. The van der Waals surface area contributed by atoms with Crippen LogP contribution in [0.25, 0.3) is 0 Å². The molecule has 0 aliphatic heterocycles. The van der Waals surface area contributed by atoms with Gasteiger partial charge in [0.2, 0.25) is 0 Å². The molecule has 0 rings (SSSR count). The summed E-state index contributed by atoms with van der Waals surface area (Å²) in [4.78, 5) is 27.5. The molecule has 0 bridgehead atoms. The molecule has 0 aliphatic carbocycles. The number of aliphatic hydroxyl groups is 2. The maximum Gasteiger partial charge on any atom is 0.348 e. The van der Waals surface area contributed by atoms with Crippen LogP contribution in [0.5, 0.6) is 0 Å². The number of ether oxygens (including phenoxy) is 2. The summed E-state index contributed by atoms with van der Waals surface area (Å²) in [5.41, 5.74) is -0.376. The molecule has 0 saturated carbocycles. The number of nitrogens with zero attached hydrogens (tertiary/aromatic N) is 4. The third-order valence-electron chi connectivity index (χ3n) is 4.14. The highest BCUT2D eigenvalue weighted by molar-refractivity contribution is 5.93. The zero-order valence-electron chi connectivity index (χ0n) is 19.1. The topological polar surface area (TPSA) is 147 Å². The number of nitriles is 2. The average Bonchev–Trinajstić information content (AvgIpc) is 2.82. The van der Waals surface area contributed by atoms with Crippen molar-refractivity contribution in [2.75, 3.05) is 52.6 Å². The quantitative estimate of drug-likeness (QED) is 0.112. The van der Waals surface area contributed by atoms with E-state index in [1.54, 1.807) is 34.3 Å². The Morgan fingerprint density at radius 3 is 1.52 bits per heavy atom. The first kappa shape index (κ1) is 29.4. The summed E-state index contributed by atoms with van der Waals surface area (Å²) in [7, 11) is 0. The van der Waals surface area contributed by atoms with E-state index in [1.807, 2.05) is 13.8 Å². The SMILES string of the molecule is CCN(C=CC=C(C#N)C(=O)OCCCOC(=O)C(C#N)=CC=CN(CC)CCO)CCO. The largest absolute Gasteiger partial charge is 0.461 e. The van der Waals surface area contributed by atoms with Gasteiger partial charge in [-0.15, -0.1) is 0 Å². The van der Waals surface area contributed by atoms with Crippen molar-refractivity contribution in [2.24, 2.45) is 0 Å². The van der Waals surface area contributed by atoms with Crippen LogP contribution in [0.3, 0.4) is 0 Å². The molecule has 0 aromatic carbocycles. The lowest BCUT2D eigenvalue weighted by molar-refractivity contribution is -0.140. The first-order valence-corrected chi connectivity index (χ1v) is 10.6. The fourth-order valence-electron chi connectivity index (χ4n) is 2.30. The molecule has 0 atom stereocenters. The van der Waals surface area contributed by atoms with Gasteiger partial charge >= 0.3 is 11.9 Å². The Labute approximate surface area is 194 Å². The van der Waals surface area contributed by atoms with Crippen molar-refractivity contribution in [2.45, 2.75) is 20.3 Å². The van der Waals surface area contributed by atoms with Gasteiger partial charge in [0.1, 0.15) is 23.3 Å². The Morgan fingerprint density at radius 1 is 0.818 bits per heavy atom. The van der Waals surface area contributed by atoms with Crippen LogP contribution >= 0.6 is 0 Å². The van der Waals surface area contributed by atoms with E-state index in [2.05, 4.69) is 0 Å². The van der Waals surface area contributed by atoms with Crippen molar-refractivity contribution in [3.63, 3.8) is 0 Å². The Bertz CT molecular complexity index is 739. The molecule has 0 fully saturated rings. The van der Waals surface area contributed by atoms with E-state index < -0.39 is 11.9 Å². The number of carbonyl (C=O) groups excluding carboxylic acids is 2. The van der Waals surface area contributed by atoms with Gasteiger partial charge in [-0.05, 0) is 50.6 Å². The van der Waals surface area contributed by atoms with Gasteiger partial charge in [0, 0.05) is 32.6 Å². The van der Waals surface area contributed by atoms with Crippen molar-refractivity contribution in [1.82, 2.24) is 9.80 Å². The molecular formula is C23H32N4O6. The molecule has 0 unspecified atom stereocenters. The van der Waals surface area contributed by atoms with Crippen LogP contribution in [0.15, 0.2) is 47.9 Å². The minimum Gasteiger partial charge on any atom is -0.461 e. The first-order chi connectivity index (χ1) is 16.0. The second kappa shape index (κ2) is 19.1. The molecule has 0 aliphatic rings. The first-order valence-electron chi connectivity index (χ1n) is 10.6. The number of likely N-dealkylation sites (N-methyl/N-ethyl adjacent to an activating group) is 2. The maximum atomic E-state index is 12.0. The van der Waals surface area contributed by atoms with Gasteiger partial charge in [-0.25, -0.2) is 9.59 Å². The van der Waals surface area contributed by atoms with Gasteiger partial charge in [-0.2, -0.15) is 10.5 Å². The monoisotopic (exact) mass is 460 g/mol. The maximum absolute atomic E-state index is 12.0. The minimum atomic E-state index is -0.801. The molecule has 0 spiro atoms. The molecule has 33 heavy (non-hydrogen) atoms. The third kappa shape index (κ3) is 13.4. The Balaban J connectivity index is 4.52. The lowest BCUT2D eigenvalue weighted by Gasteiger charge is -2.15. The fourth-order valence-corrected chi connectivity index (χ4v) is 2.30. The number of hydrogen-bond acceptors (Lipinski definition) is 10. The van der Waals surface area contributed by atoms with Crippen LogP contribution in [-0.2, 0) is 19.1 Å². The smallest absolute Gasteiger partial charge is 0.348 e. The molecule has 0 saturated heterocycles. The van der Waals surface area contributed by atoms with Crippen LogP contribution in [0.2, 0.25) is 0 Å². The predicted molar refractivity (Wildman–Crippen MR) is 121 cm³/mol. The van der Waals surface area contributed by atoms with Gasteiger partial charge in [0.15, 0.2) is 0 Å². The summed E-state index contributed by atoms with van der Waals surface area (Å²) in [5.74, 6) is -1.60. The average molecular weight is 461 g/mol. The Morgan fingerprint density at radius 2 is 1.21 bits per heavy atom. The molecule has 180 valence electrons. The van der Waals surface area contributed by atoms with E-state index >= 15 is 0 Å². The standard InChI is InChI=1S/C23H32N4O6/c1-3-26(12-14-28)10-5-8-20(18-24)22(30)32-16-7-17-33-23(31)21(19-25)9-6-11-27(4-2)13-15-29/h5-6,8-11,28-29H,3-4,7,12-17H2,1-2H3. The van der Waals surface area contributed by atoms with Crippen molar-refractivity contribution in [1.29, 1.82) is 10.5 Å². The fraction of sp³-hybridized carbons (Fsp3) is 0.478. The second-order valence-corrected chi connectivity index (χ2v) is 6.40. The highest BCUT2D eigenvalue weighted by atomic mass is 16.5. The minimum absolute atomic E-state index is 0.00986. The van der Waals surface area contributed by atoms with Crippen molar-refractivity contribution >= 4 is 11.9 Å². The lowest BCUT2D eigenvalue weighted by atomic mass is 10.2. The van der Waals surface area contributed by atoms with Gasteiger partial charge in [0.05, 0.1) is 26.4 Å². The van der Waals surface area contributed by atoms with Gasteiger partial charge in [-0.3, -0.25) is 0 Å². The van der Waals surface area contributed by atoms with Crippen LogP contribution in [0, 0.1) is 22.7 Å². The summed E-state index contributed by atoms with van der Waals surface area (Å²) in [6, 6.07) is 3.52. The molecule has 0 aromatic rings. The number of esters is 2. The Kier molecular flexibility index (Phi) is 17.0. The number of carbonyl (C=O) groups is 2. The molecule has 10 heteroatoms. The van der Waals surface area contributed by atoms with Crippen molar-refractivity contribution in [3.05, 3.63) is 47.9 Å². The number of hydrogen-bond donors (Lipinski definition) is 2. The molecule has 0 radical (unpaired) electrons. The summed E-state index contributed by atoms with van der Waals surface area (Å²) in [5, 5.41) is 36.1. The molecule has 2 N–H and O–H groups in total. The van der Waals surface area contributed by atoms with Crippen LogP contribution in [-0.4, -0.2) is 84.6 Å². The normalized spacial score (nSPS) is 11.8. The number of allylic oxidation sites excluding steroid dienone is 4. The van der Waals surface area contributed by atoms with Crippen molar-refractivity contribution in [3.8, 4) is 12.1 Å². The van der Waals surface area contributed by atoms with E-state index in [4.69, 9.17) is 30.2 Å². The number of rotatable bonds is 16. The van der Waals surface area contributed by atoms with Crippen molar-refractivity contribution < 1.29 is 29.3 Å². The van der Waals surface area contributed by atoms with Gasteiger partial charge < -0.3 is 29.5 Å². The van der Waals surface area contributed by atoms with E-state index in [0.29, 0.717) is 26.2 Å². The zero-order chi connectivity index (χ0) is 24.9. The molecule has 0 heterocycles. The van der Waals surface area contributed by atoms with E-state index in [9.17, 15) is 9.59 Å². The molecule has 0 amide bonds. The molecular weight excluding hydrogens is 428 g/mol. The highest BCUT2D eigenvalue weighted by Gasteiger charge is 2.11. The molecule has 10 nitrogen and oxygen atoms in total. The summed E-state index contributed by atoms with van der Waals surface area (Å²) in [6.07, 6.45) is 9.19.